The van der Waals surface area contributed by atoms with Crippen LogP contribution in [-0.4, -0.2) is 31.1 Å². The van der Waals surface area contributed by atoms with Gasteiger partial charge in [0.15, 0.2) is 0 Å². The fourth-order valence-electron chi connectivity index (χ4n) is 3.29. The molecule has 0 atom stereocenters. The Balaban J connectivity index is 1.59. The maximum Gasteiger partial charge on any atom is 0.00450 e. The van der Waals surface area contributed by atoms with Gasteiger partial charge in [-0.15, -0.1) is 0 Å². The molecule has 106 valence electrons. The van der Waals surface area contributed by atoms with E-state index in [9.17, 15) is 0 Å². The smallest absolute Gasteiger partial charge is 0.00450 e. The van der Waals surface area contributed by atoms with E-state index in [0.29, 0.717) is 6.04 Å². The minimum atomic E-state index is 0.464. The summed E-state index contributed by atoms with van der Waals surface area (Å²) in [4.78, 5) is 2.46. The Kier molecular flexibility index (Phi) is 4.04. The van der Waals surface area contributed by atoms with Gasteiger partial charge in [0.25, 0.3) is 0 Å². The molecule has 0 unspecified atom stereocenters. The molecular weight excluding hydrogens is 244 g/mol. The summed E-state index contributed by atoms with van der Waals surface area (Å²) in [5, 5.41) is 2.74. The summed E-state index contributed by atoms with van der Waals surface area (Å²) >= 11 is 0. The van der Waals surface area contributed by atoms with Crippen molar-refractivity contribution < 1.29 is 0 Å². The monoisotopic (exact) mass is 268 g/mol. The van der Waals surface area contributed by atoms with Crippen LogP contribution in [0.4, 0.5) is 0 Å². The predicted molar refractivity (Wildman–Crippen MR) is 85.8 cm³/mol. The standard InChI is InChI=1S/C18H24N2/c1-20(13-14-11-17(19)12-14)10-9-16-7-4-6-15-5-2-3-8-18(15)16/h2-8,14,17H,9-13,19H2,1H3. The van der Waals surface area contributed by atoms with Gasteiger partial charge in [0.2, 0.25) is 0 Å². The minimum Gasteiger partial charge on any atom is -0.328 e. The number of nitrogens with two attached hydrogens (primary N) is 1. The molecule has 2 nitrogen and oxygen atoms in total. The van der Waals surface area contributed by atoms with E-state index in [-0.39, 0.29) is 0 Å². The van der Waals surface area contributed by atoms with Gasteiger partial charge in [0, 0.05) is 19.1 Å². The lowest BCUT2D eigenvalue weighted by atomic mass is 9.80. The second-order valence-corrected chi connectivity index (χ2v) is 6.25. The highest BCUT2D eigenvalue weighted by molar-refractivity contribution is 5.85. The molecule has 0 heterocycles. The normalized spacial score (nSPS) is 22.1. The van der Waals surface area contributed by atoms with E-state index >= 15 is 0 Å². The zero-order valence-electron chi connectivity index (χ0n) is 12.3. The molecule has 0 radical (unpaired) electrons. The summed E-state index contributed by atoms with van der Waals surface area (Å²) < 4.78 is 0. The van der Waals surface area contributed by atoms with Gasteiger partial charge in [-0.25, -0.2) is 0 Å². The Labute approximate surface area is 121 Å². The van der Waals surface area contributed by atoms with Crippen molar-refractivity contribution in [3.63, 3.8) is 0 Å². The quantitative estimate of drug-likeness (QED) is 0.903. The van der Waals surface area contributed by atoms with Crippen LogP contribution in [0.15, 0.2) is 42.5 Å². The number of hydrogen-bond donors (Lipinski definition) is 1. The van der Waals surface area contributed by atoms with Crippen LogP contribution >= 0.6 is 0 Å². The van der Waals surface area contributed by atoms with Gasteiger partial charge in [-0.1, -0.05) is 42.5 Å². The van der Waals surface area contributed by atoms with Crippen molar-refractivity contribution in [1.82, 2.24) is 4.90 Å². The van der Waals surface area contributed by atoms with Gasteiger partial charge < -0.3 is 10.6 Å². The second kappa shape index (κ2) is 5.94. The minimum absolute atomic E-state index is 0.464. The van der Waals surface area contributed by atoms with Gasteiger partial charge in [0.1, 0.15) is 0 Å². The number of nitrogens with zero attached hydrogens (tertiary/aromatic N) is 1. The second-order valence-electron chi connectivity index (χ2n) is 6.25. The highest BCUT2D eigenvalue weighted by Crippen LogP contribution is 2.26. The first-order valence-electron chi connectivity index (χ1n) is 7.63. The molecule has 2 aromatic rings. The first-order valence-corrected chi connectivity index (χ1v) is 7.63. The van der Waals surface area contributed by atoms with E-state index in [4.69, 9.17) is 5.73 Å². The highest BCUT2D eigenvalue weighted by atomic mass is 15.1. The molecule has 0 aromatic heterocycles. The first kappa shape index (κ1) is 13.6. The fraction of sp³-hybridized carbons (Fsp3) is 0.444. The molecule has 2 heteroatoms. The predicted octanol–water partition coefficient (Wildman–Crippen LogP) is 3.05. The van der Waals surface area contributed by atoms with E-state index in [1.165, 1.54) is 35.7 Å². The zero-order valence-corrected chi connectivity index (χ0v) is 12.3. The molecular formula is C18H24N2. The number of rotatable bonds is 5. The maximum absolute atomic E-state index is 5.85. The van der Waals surface area contributed by atoms with Gasteiger partial charge in [-0.05, 0) is 48.6 Å². The Morgan fingerprint density at radius 3 is 2.65 bits per heavy atom. The number of fused-ring (bicyclic) bond motifs is 1. The van der Waals surface area contributed by atoms with E-state index in [1.54, 1.807) is 0 Å². The van der Waals surface area contributed by atoms with Crippen LogP contribution in [0.1, 0.15) is 18.4 Å². The largest absolute Gasteiger partial charge is 0.328 e. The van der Waals surface area contributed by atoms with Crippen molar-refractivity contribution >= 4 is 10.8 Å². The lowest BCUT2D eigenvalue weighted by Gasteiger charge is -2.35. The Hall–Kier alpha value is -1.38. The summed E-state index contributed by atoms with van der Waals surface area (Å²) in [7, 11) is 2.23. The summed E-state index contributed by atoms with van der Waals surface area (Å²) in [6.45, 7) is 2.32. The van der Waals surface area contributed by atoms with E-state index in [2.05, 4.69) is 54.4 Å². The van der Waals surface area contributed by atoms with Crippen molar-refractivity contribution in [2.45, 2.75) is 25.3 Å². The molecule has 1 aliphatic carbocycles. The van der Waals surface area contributed by atoms with Crippen LogP contribution in [0, 0.1) is 5.92 Å². The summed E-state index contributed by atoms with van der Waals surface area (Å²) in [5.41, 5.74) is 7.31. The molecule has 0 aliphatic heterocycles. The van der Waals surface area contributed by atoms with Crippen molar-refractivity contribution in [3.8, 4) is 0 Å². The molecule has 3 rings (SSSR count). The number of hydrogen-bond acceptors (Lipinski definition) is 2. The molecule has 2 N–H and O–H groups in total. The average molecular weight is 268 g/mol. The van der Waals surface area contributed by atoms with E-state index in [0.717, 1.165) is 18.9 Å². The molecule has 0 amide bonds. The van der Waals surface area contributed by atoms with Crippen LogP contribution in [0.2, 0.25) is 0 Å². The van der Waals surface area contributed by atoms with Crippen molar-refractivity contribution in [1.29, 1.82) is 0 Å². The summed E-state index contributed by atoms with van der Waals surface area (Å²) in [5.74, 6) is 0.822. The van der Waals surface area contributed by atoms with Gasteiger partial charge in [-0.2, -0.15) is 0 Å². The molecule has 0 spiro atoms. The van der Waals surface area contributed by atoms with Crippen molar-refractivity contribution in [2.75, 3.05) is 20.1 Å². The first-order chi connectivity index (χ1) is 9.72. The molecule has 1 saturated carbocycles. The third-order valence-corrected chi connectivity index (χ3v) is 4.48. The van der Waals surface area contributed by atoms with Crippen LogP contribution in [0.5, 0.6) is 0 Å². The Morgan fingerprint density at radius 1 is 1.10 bits per heavy atom. The third-order valence-electron chi connectivity index (χ3n) is 4.48. The van der Waals surface area contributed by atoms with Crippen molar-refractivity contribution in [2.24, 2.45) is 11.7 Å². The fourth-order valence-corrected chi connectivity index (χ4v) is 3.29. The molecule has 0 saturated heterocycles. The summed E-state index contributed by atoms with van der Waals surface area (Å²) in [6.07, 6.45) is 3.54. The third kappa shape index (κ3) is 3.02. The van der Waals surface area contributed by atoms with Gasteiger partial charge >= 0.3 is 0 Å². The SMILES string of the molecule is CN(CCc1cccc2ccccc12)CC1CC(N)C1. The number of likely N-dealkylation sites (N-methyl/N-ethyl adjacent to an activating group) is 1. The van der Waals surface area contributed by atoms with E-state index < -0.39 is 0 Å². The Morgan fingerprint density at radius 2 is 1.85 bits per heavy atom. The zero-order chi connectivity index (χ0) is 13.9. The lowest BCUT2D eigenvalue weighted by Crippen LogP contribution is -2.42. The van der Waals surface area contributed by atoms with E-state index in [1.807, 2.05) is 0 Å². The lowest BCUT2D eigenvalue weighted by molar-refractivity contribution is 0.184. The summed E-state index contributed by atoms with van der Waals surface area (Å²) in [6, 6.07) is 15.7. The van der Waals surface area contributed by atoms with Crippen LogP contribution < -0.4 is 5.73 Å². The van der Waals surface area contributed by atoms with Crippen molar-refractivity contribution in [3.05, 3.63) is 48.0 Å². The van der Waals surface area contributed by atoms with Crippen LogP contribution in [0.3, 0.4) is 0 Å². The molecule has 0 bridgehead atoms. The topological polar surface area (TPSA) is 29.3 Å². The molecule has 1 aliphatic rings. The van der Waals surface area contributed by atoms with Gasteiger partial charge in [-0.3, -0.25) is 0 Å². The number of benzene rings is 2. The molecule has 2 aromatic carbocycles. The molecule has 1 fully saturated rings. The average Bonchev–Trinajstić information content (AvgIpc) is 2.43. The molecule has 20 heavy (non-hydrogen) atoms. The maximum atomic E-state index is 5.85. The van der Waals surface area contributed by atoms with Crippen LogP contribution in [0.25, 0.3) is 10.8 Å². The van der Waals surface area contributed by atoms with Crippen LogP contribution in [-0.2, 0) is 6.42 Å². The highest BCUT2D eigenvalue weighted by Gasteiger charge is 2.26. The van der Waals surface area contributed by atoms with Gasteiger partial charge in [0.05, 0.1) is 0 Å². The Bertz CT molecular complexity index is 567.